The third-order valence-corrected chi connectivity index (χ3v) is 9.13. The number of nitrogens with one attached hydrogen (secondary N) is 1. The van der Waals surface area contributed by atoms with E-state index in [1.165, 1.54) is 28.1 Å². The molecule has 4 aromatic rings. The first kappa shape index (κ1) is 29.7. The molecule has 2 fully saturated rings. The molecule has 1 saturated heterocycles. The second kappa shape index (κ2) is 11.6. The van der Waals surface area contributed by atoms with Gasteiger partial charge in [-0.05, 0) is 77.0 Å². The molecule has 2 atom stereocenters. The molecule has 3 amide bonds. The monoisotopic (exact) mass is 708 g/mol. The average Bonchev–Trinajstić information content (AvgIpc) is 3.56. The van der Waals surface area contributed by atoms with E-state index in [9.17, 15) is 28.4 Å². The van der Waals surface area contributed by atoms with Crippen molar-refractivity contribution in [1.82, 2.24) is 14.9 Å². The Labute approximate surface area is 265 Å². The number of nitriles is 1. The number of fused-ring (bicyclic) bond motifs is 1. The van der Waals surface area contributed by atoms with E-state index in [1.807, 2.05) is 36.0 Å². The number of nitrogens with zero attached hydrogens (tertiary/aromatic N) is 5. The fraction of sp³-hybridized carbons (Fsp3) is 0.281. The van der Waals surface area contributed by atoms with E-state index in [2.05, 4.69) is 32.9 Å². The Hall–Kier alpha value is -4.38. The number of aromatic nitrogens is 2. The van der Waals surface area contributed by atoms with Crippen LogP contribution >= 0.6 is 22.6 Å². The van der Waals surface area contributed by atoms with Gasteiger partial charge < -0.3 is 9.88 Å². The molecule has 0 unspecified atom stereocenters. The standard InChI is InChI=1S/C32H27F2IN6O3/c1-39-13-11-20-15-22(6-7-25(20)39)40(31(44)26-8-9-28(42)41(26)27-14-19(18-36)10-12-37-27)29(23-4-2-3-5-24(23)35)30(43)38-21-16-32(33,34)17-21/h2-7,10-15,21,26,29H,8-9,16-17H2,1H3,(H,38,43)/t26-,29-/m0/s1. The van der Waals surface area contributed by atoms with E-state index in [-0.39, 0.29) is 30.1 Å². The molecule has 2 aromatic carbocycles. The maximum Gasteiger partial charge on any atom is 0.252 e. The molecule has 6 rings (SSSR count). The van der Waals surface area contributed by atoms with Gasteiger partial charge in [-0.2, -0.15) is 5.26 Å². The lowest BCUT2D eigenvalue weighted by atomic mass is 9.87. The van der Waals surface area contributed by atoms with Gasteiger partial charge in [0.2, 0.25) is 11.8 Å². The molecule has 224 valence electrons. The summed E-state index contributed by atoms with van der Waals surface area (Å²) < 4.78 is 30.1. The van der Waals surface area contributed by atoms with Gasteiger partial charge in [-0.15, -0.1) is 0 Å². The van der Waals surface area contributed by atoms with Gasteiger partial charge in [-0.25, -0.2) is 13.8 Å². The maximum absolute atomic E-state index is 14.8. The number of halogens is 3. The summed E-state index contributed by atoms with van der Waals surface area (Å²) in [7, 11) is 1.90. The molecule has 3 heterocycles. The number of pyridine rings is 1. The van der Waals surface area contributed by atoms with Crippen LogP contribution in [0.2, 0.25) is 0 Å². The molecule has 0 bridgehead atoms. The summed E-state index contributed by atoms with van der Waals surface area (Å²) in [6.45, 7) is 0. The number of carbonyl (C=O) groups is 3. The molecule has 1 aliphatic heterocycles. The topological polar surface area (TPSA) is 111 Å². The Kier molecular flexibility index (Phi) is 7.83. The number of carbonyl (C=O) groups excluding carboxylic acids is 3. The lowest BCUT2D eigenvalue weighted by Crippen LogP contribution is -2.56. The van der Waals surface area contributed by atoms with Gasteiger partial charge >= 0.3 is 0 Å². The van der Waals surface area contributed by atoms with E-state index in [0.29, 0.717) is 14.8 Å². The summed E-state index contributed by atoms with van der Waals surface area (Å²) in [4.78, 5) is 49.1. The van der Waals surface area contributed by atoms with Gasteiger partial charge in [-0.1, -0.05) is 18.2 Å². The predicted molar refractivity (Wildman–Crippen MR) is 168 cm³/mol. The molecule has 1 saturated carbocycles. The summed E-state index contributed by atoms with van der Waals surface area (Å²) in [6.07, 6.45) is 2.55. The highest BCUT2D eigenvalue weighted by Gasteiger charge is 2.48. The Morgan fingerprint density at radius 1 is 1.16 bits per heavy atom. The van der Waals surface area contributed by atoms with E-state index < -0.39 is 48.7 Å². The fourth-order valence-corrected chi connectivity index (χ4v) is 6.63. The normalized spacial score (nSPS) is 18.5. The van der Waals surface area contributed by atoms with Crippen LogP contribution in [0.3, 0.4) is 0 Å². The lowest BCUT2D eigenvalue weighted by molar-refractivity contribution is -0.133. The molecule has 1 aliphatic carbocycles. The fourth-order valence-electron chi connectivity index (χ4n) is 5.95. The minimum atomic E-state index is -2.85. The van der Waals surface area contributed by atoms with Crippen LogP contribution in [0, 0.1) is 14.9 Å². The van der Waals surface area contributed by atoms with Gasteiger partial charge in [0.15, 0.2) is 0 Å². The summed E-state index contributed by atoms with van der Waals surface area (Å²) >= 11 is 2.09. The molecule has 44 heavy (non-hydrogen) atoms. The van der Waals surface area contributed by atoms with Crippen molar-refractivity contribution >= 4 is 62.7 Å². The molecular formula is C32H27F2IN6O3. The van der Waals surface area contributed by atoms with E-state index in [0.717, 1.165) is 10.9 Å². The highest BCUT2D eigenvalue weighted by molar-refractivity contribution is 14.1. The number of alkyl halides is 2. The van der Waals surface area contributed by atoms with Crippen LogP contribution < -0.4 is 15.1 Å². The molecular weight excluding hydrogens is 681 g/mol. The lowest BCUT2D eigenvalue weighted by Gasteiger charge is -2.39. The second-order valence-electron chi connectivity index (χ2n) is 11.1. The van der Waals surface area contributed by atoms with Crippen molar-refractivity contribution in [2.75, 3.05) is 9.80 Å². The first-order valence-electron chi connectivity index (χ1n) is 14.1. The highest BCUT2D eigenvalue weighted by Crippen LogP contribution is 2.40. The highest BCUT2D eigenvalue weighted by atomic mass is 127. The number of benzene rings is 2. The van der Waals surface area contributed by atoms with Gasteiger partial charge in [0.25, 0.3) is 11.8 Å². The third kappa shape index (κ3) is 5.52. The van der Waals surface area contributed by atoms with Crippen LogP contribution in [0.4, 0.5) is 20.3 Å². The van der Waals surface area contributed by atoms with Crippen LogP contribution in [0.1, 0.15) is 42.9 Å². The van der Waals surface area contributed by atoms with E-state index in [1.54, 1.807) is 36.4 Å². The maximum atomic E-state index is 14.8. The average molecular weight is 709 g/mol. The third-order valence-electron chi connectivity index (χ3n) is 8.15. The van der Waals surface area contributed by atoms with Crippen molar-refractivity contribution in [3.63, 3.8) is 0 Å². The van der Waals surface area contributed by atoms with Crippen LogP contribution in [0.25, 0.3) is 10.9 Å². The van der Waals surface area contributed by atoms with E-state index in [4.69, 9.17) is 0 Å². The van der Waals surface area contributed by atoms with Gasteiger partial charge in [0.1, 0.15) is 17.9 Å². The molecule has 9 nitrogen and oxygen atoms in total. The summed E-state index contributed by atoms with van der Waals surface area (Å²) in [5.41, 5.74) is 2.10. The van der Waals surface area contributed by atoms with Crippen molar-refractivity contribution in [2.24, 2.45) is 7.05 Å². The van der Waals surface area contributed by atoms with Crippen LogP contribution in [-0.2, 0) is 21.4 Å². The van der Waals surface area contributed by atoms with Crippen molar-refractivity contribution in [3.8, 4) is 6.07 Å². The number of anilines is 2. The quantitative estimate of drug-likeness (QED) is 0.265. The number of hydrogen-bond donors (Lipinski definition) is 1. The number of amides is 3. The minimum Gasteiger partial charge on any atom is -0.351 e. The molecule has 2 aliphatic rings. The molecule has 0 spiro atoms. The van der Waals surface area contributed by atoms with Crippen molar-refractivity contribution in [3.05, 3.63) is 87.8 Å². The van der Waals surface area contributed by atoms with Crippen molar-refractivity contribution in [2.45, 2.75) is 49.7 Å². The first-order valence-corrected chi connectivity index (χ1v) is 15.1. The van der Waals surface area contributed by atoms with Crippen LogP contribution in [0.5, 0.6) is 0 Å². The zero-order valence-corrected chi connectivity index (χ0v) is 25.7. The molecule has 0 radical (unpaired) electrons. The smallest absolute Gasteiger partial charge is 0.252 e. The Balaban J connectivity index is 1.48. The largest absolute Gasteiger partial charge is 0.351 e. The Morgan fingerprint density at radius 3 is 2.66 bits per heavy atom. The van der Waals surface area contributed by atoms with Crippen LogP contribution in [0.15, 0.2) is 73.1 Å². The van der Waals surface area contributed by atoms with Crippen LogP contribution in [-0.4, -0.2) is 45.3 Å². The van der Waals surface area contributed by atoms with E-state index >= 15 is 0 Å². The molecule has 1 N–H and O–H groups in total. The zero-order chi connectivity index (χ0) is 31.2. The summed E-state index contributed by atoms with van der Waals surface area (Å²) in [5.74, 6) is -4.16. The summed E-state index contributed by atoms with van der Waals surface area (Å²) in [5, 5.41) is 13.0. The zero-order valence-electron chi connectivity index (χ0n) is 23.6. The minimum absolute atomic E-state index is 0.0668. The van der Waals surface area contributed by atoms with Gasteiger partial charge in [-0.3, -0.25) is 24.2 Å². The Morgan fingerprint density at radius 2 is 1.93 bits per heavy atom. The Bertz CT molecular complexity index is 1830. The molecule has 2 aromatic heterocycles. The van der Waals surface area contributed by atoms with Crippen molar-refractivity contribution < 1.29 is 23.2 Å². The first-order chi connectivity index (χ1) is 21.1. The number of rotatable bonds is 7. The molecule has 12 heteroatoms. The van der Waals surface area contributed by atoms with Gasteiger partial charge in [0, 0.05) is 64.9 Å². The summed E-state index contributed by atoms with van der Waals surface area (Å²) in [6, 6.07) is 16.4. The number of hydrogen-bond acceptors (Lipinski definition) is 5. The van der Waals surface area contributed by atoms with Crippen molar-refractivity contribution in [1.29, 1.82) is 5.26 Å². The number of aryl methyl sites for hydroxylation is 1. The SMILES string of the molecule is Cn1ccc2cc(N(C(=O)[C@@H]3CCC(=O)N3c3cc(C#N)ccn3)[C@H](C(=O)NC3CC(F)(F)C3)c3ccccc3I)ccc21. The predicted octanol–water partition coefficient (Wildman–Crippen LogP) is 5.23. The van der Waals surface area contributed by atoms with Gasteiger partial charge in [0.05, 0.1) is 11.6 Å². The second-order valence-corrected chi connectivity index (χ2v) is 12.3.